The van der Waals surface area contributed by atoms with Crippen LogP contribution in [0.4, 0.5) is 0 Å². The molecule has 15 heavy (non-hydrogen) atoms. The fourth-order valence-electron chi connectivity index (χ4n) is 1.11. The summed E-state index contributed by atoms with van der Waals surface area (Å²) in [5, 5.41) is 7.65. The number of hydrogen-bond acceptors (Lipinski definition) is 5. The second-order valence-electron chi connectivity index (χ2n) is 3.15. The van der Waals surface area contributed by atoms with Crippen LogP contribution in [0.2, 0.25) is 0 Å². The summed E-state index contributed by atoms with van der Waals surface area (Å²) in [6, 6.07) is 1.80. The molecule has 5 nitrogen and oxygen atoms in total. The molecule has 1 aromatic heterocycles. The van der Waals surface area contributed by atoms with Crippen molar-refractivity contribution in [2.45, 2.75) is 26.5 Å². The number of ether oxygens (including phenoxy) is 2. The molecule has 2 N–H and O–H groups in total. The van der Waals surface area contributed by atoms with Crippen molar-refractivity contribution in [1.82, 2.24) is 10.2 Å². The average Bonchev–Trinajstić information content (AvgIpc) is 2.27. The molecule has 0 aliphatic carbocycles. The topological polar surface area (TPSA) is 70.3 Å². The Labute approximate surface area is 89.6 Å². The van der Waals surface area contributed by atoms with Gasteiger partial charge in [-0.3, -0.25) is 0 Å². The van der Waals surface area contributed by atoms with Gasteiger partial charge in [0.15, 0.2) is 0 Å². The first-order valence-corrected chi connectivity index (χ1v) is 5.03. The van der Waals surface area contributed by atoms with Gasteiger partial charge in [-0.05, 0) is 19.9 Å². The maximum absolute atomic E-state index is 5.56. The fourth-order valence-corrected chi connectivity index (χ4v) is 1.11. The summed E-state index contributed by atoms with van der Waals surface area (Å²) >= 11 is 0. The molecular formula is C10H17N3O2. The Morgan fingerprint density at radius 2 is 2.33 bits per heavy atom. The molecule has 0 aromatic carbocycles. The summed E-state index contributed by atoms with van der Waals surface area (Å²) in [7, 11) is 0. The van der Waals surface area contributed by atoms with E-state index in [0.717, 1.165) is 5.56 Å². The minimum absolute atomic E-state index is 0.0491. The summed E-state index contributed by atoms with van der Waals surface area (Å²) < 4.78 is 10.8. The molecule has 0 saturated carbocycles. The molecule has 1 heterocycles. The van der Waals surface area contributed by atoms with E-state index in [1.807, 2.05) is 13.8 Å². The Morgan fingerprint density at radius 1 is 1.53 bits per heavy atom. The van der Waals surface area contributed by atoms with Crippen molar-refractivity contribution in [3.05, 3.63) is 17.8 Å². The first-order chi connectivity index (χ1) is 7.27. The van der Waals surface area contributed by atoms with Gasteiger partial charge in [-0.2, -0.15) is 5.10 Å². The number of nitrogens with zero attached hydrogens (tertiary/aromatic N) is 2. The first-order valence-electron chi connectivity index (χ1n) is 5.03. The zero-order chi connectivity index (χ0) is 11.1. The number of nitrogens with two attached hydrogens (primary N) is 1. The van der Waals surface area contributed by atoms with Crippen molar-refractivity contribution in [3.8, 4) is 5.88 Å². The molecule has 5 heteroatoms. The van der Waals surface area contributed by atoms with E-state index in [1.54, 1.807) is 12.3 Å². The van der Waals surface area contributed by atoms with Crippen LogP contribution in [-0.4, -0.2) is 29.5 Å². The third kappa shape index (κ3) is 3.81. The highest BCUT2D eigenvalue weighted by Gasteiger charge is 2.08. The van der Waals surface area contributed by atoms with Crippen LogP contribution in [0.25, 0.3) is 0 Å². The van der Waals surface area contributed by atoms with Gasteiger partial charge < -0.3 is 15.2 Å². The summed E-state index contributed by atoms with van der Waals surface area (Å²) in [5.41, 5.74) is 6.40. The molecule has 0 aliphatic rings. The van der Waals surface area contributed by atoms with E-state index in [9.17, 15) is 0 Å². The zero-order valence-corrected chi connectivity index (χ0v) is 9.14. The molecule has 0 spiro atoms. The number of hydrogen-bond donors (Lipinski definition) is 1. The van der Waals surface area contributed by atoms with Gasteiger partial charge in [-0.25, -0.2) is 0 Å². The van der Waals surface area contributed by atoms with E-state index in [0.29, 0.717) is 25.6 Å². The van der Waals surface area contributed by atoms with Crippen LogP contribution < -0.4 is 10.5 Å². The summed E-state index contributed by atoms with van der Waals surface area (Å²) in [4.78, 5) is 0. The average molecular weight is 211 g/mol. The predicted octanol–water partition coefficient (Wildman–Crippen LogP) is 0.739. The highest BCUT2D eigenvalue weighted by Crippen LogP contribution is 2.13. The molecule has 1 unspecified atom stereocenters. The van der Waals surface area contributed by atoms with Crippen molar-refractivity contribution in [2.24, 2.45) is 5.73 Å². The largest absolute Gasteiger partial charge is 0.471 e. The van der Waals surface area contributed by atoms with Crippen molar-refractivity contribution < 1.29 is 9.47 Å². The maximum Gasteiger partial charge on any atom is 0.238 e. The van der Waals surface area contributed by atoms with E-state index in [4.69, 9.17) is 15.2 Å². The third-order valence-electron chi connectivity index (χ3n) is 1.86. The van der Waals surface area contributed by atoms with Crippen LogP contribution in [0.1, 0.15) is 19.4 Å². The molecule has 0 saturated heterocycles. The van der Waals surface area contributed by atoms with E-state index >= 15 is 0 Å². The molecule has 0 bridgehead atoms. The normalized spacial score (nSPS) is 12.5. The minimum atomic E-state index is -0.0491. The van der Waals surface area contributed by atoms with Gasteiger partial charge >= 0.3 is 0 Å². The van der Waals surface area contributed by atoms with Crippen LogP contribution in [-0.2, 0) is 11.3 Å². The summed E-state index contributed by atoms with van der Waals surface area (Å²) in [6.45, 7) is 5.48. The van der Waals surface area contributed by atoms with Crippen molar-refractivity contribution in [2.75, 3.05) is 13.2 Å². The molecule has 1 atom stereocenters. The van der Waals surface area contributed by atoms with Crippen LogP contribution in [0.15, 0.2) is 12.3 Å². The lowest BCUT2D eigenvalue weighted by atomic mass is 10.3. The highest BCUT2D eigenvalue weighted by atomic mass is 16.5. The smallest absolute Gasteiger partial charge is 0.238 e. The first kappa shape index (κ1) is 11.9. The molecule has 0 aliphatic heterocycles. The van der Waals surface area contributed by atoms with Gasteiger partial charge in [0.25, 0.3) is 0 Å². The Morgan fingerprint density at radius 3 is 3.00 bits per heavy atom. The Bertz CT molecular complexity index is 294. The standard InChI is InChI=1S/C10H17N3O2/c1-3-14-7-8(2)15-10-9(6-11)4-5-12-13-10/h4-5,8H,3,6-7,11H2,1-2H3. The Kier molecular flexibility index (Phi) is 5.00. The van der Waals surface area contributed by atoms with E-state index < -0.39 is 0 Å². The van der Waals surface area contributed by atoms with Gasteiger partial charge in [-0.15, -0.1) is 5.10 Å². The molecular weight excluding hydrogens is 194 g/mol. The van der Waals surface area contributed by atoms with E-state index in [-0.39, 0.29) is 6.10 Å². The van der Waals surface area contributed by atoms with Crippen molar-refractivity contribution in [3.63, 3.8) is 0 Å². The fraction of sp³-hybridized carbons (Fsp3) is 0.600. The Balaban J connectivity index is 2.55. The Hall–Kier alpha value is -1.20. The molecule has 1 rings (SSSR count). The highest BCUT2D eigenvalue weighted by molar-refractivity contribution is 5.22. The van der Waals surface area contributed by atoms with Gasteiger partial charge in [-0.1, -0.05) is 0 Å². The lowest BCUT2D eigenvalue weighted by Crippen LogP contribution is -2.21. The van der Waals surface area contributed by atoms with E-state index in [2.05, 4.69) is 10.2 Å². The monoisotopic (exact) mass is 211 g/mol. The zero-order valence-electron chi connectivity index (χ0n) is 9.14. The number of aromatic nitrogens is 2. The van der Waals surface area contributed by atoms with E-state index in [1.165, 1.54) is 0 Å². The lowest BCUT2D eigenvalue weighted by molar-refractivity contribution is 0.0623. The van der Waals surface area contributed by atoms with Gasteiger partial charge in [0.1, 0.15) is 6.10 Å². The van der Waals surface area contributed by atoms with Gasteiger partial charge in [0.2, 0.25) is 5.88 Å². The molecule has 0 radical (unpaired) electrons. The van der Waals surface area contributed by atoms with Crippen LogP contribution >= 0.6 is 0 Å². The SMILES string of the molecule is CCOCC(C)Oc1nnccc1CN. The third-order valence-corrected chi connectivity index (χ3v) is 1.86. The quantitative estimate of drug-likeness (QED) is 0.751. The predicted molar refractivity (Wildman–Crippen MR) is 56.5 cm³/mol. The van der Waals surface area contributed by atoms with Crippen LogP contribution in [0, 0.1) is 0 Å². The molecule has 84 valence electrons. The minimum Gasteiger partial charge on any atom is -0.471 e. The molecule has 0 fully saturated rings. The number of rotatable bonds is 6. The molecule has 0 amide bonds. The van der Waals surface area contributed by atoms with Gasteiger partial charge in [0.05, 0.1) is 12.8 Å². The lowest BCUT2D eigenvalue weighted by Gasteiger charge is -2.14. The summed E-state index contributed by atoms with van der Waals surface area (Å²) in [6.07, 6.45) is 1.55. The van der Waals surface area contributed by atoms with Crippen LogP contribution in [0.5, 0.6) is 5.88 Å². The second kappa shape index (κ2) is 6.31. The van der Waals surface area contributed by atoms with Crippen molar-refractivity contribution in [1.29, 1.82) is 0 Å². The maximum atomic E-state index is 5.56. The molecule has 1 aromatic rings. The summed E-state index contributed by atoms with van der Waals surface area (Å²) in [5.74, 6) is 0.493. The van der Waals surface area contributed by atoms with Crippen molar-refractivity contribution >= 4 is 0 Å². The van der Waals surface area contributed by atoms with Crippen LogP contribution in [0.3, 0.4) is 0 Å². The second-order valence-corrected chi connectivity index (χ2v) is 3.15. The van der Waals surface area contributed by atoms with Gasteiger partial charge in [0, 0.05) is 18.7 Å².